The molecule has 3 aliphatic heterocycles. The fraction of sp³-hybridized carbons (Fsp3) is 0.407. The molecule has 3 aromatic carbocycles. The molecule has 15 nitrogen and oxygen atoms in total. The number of benzene rings is 3. The summed E-state index contributed by atoms with van der Waals surface area (Å²) in [5.74, 6) is 0.391. The Balaban J connectivity index is 0.710. The van der Waals surface area contributed by atoms with E-state index in [9.17, 15) is 19.2 Å². The minimum atomic E-state index is -0.829. The first kappa shape index (κ1) is 55.1. The lowest BCUT2D eigenvalue weighted by molar-refractivity contribution is -0.144. The third-order valence-electron chi connectivity index (χ3n) is 14.6. The van der Waals surface area contributed by atoms with Gasteiger partial charge in [0, 0.05) is 46.9 Å². The van der Waals surface area contributed by atoms with E-state index in [4.69, 9.17) is 26.3 Å². The lowest BCUT2D eigenvalue weighted by Crippen LogP contribution is -2.58. The number of aryl methyl sites for hydroxylation is 3. The van der Waals surface area contributed by atoms with Crippen molar-refractivity contribution in [2.45, 2.75) is 131 Å². The van der Waals surface area contributed by atoms with Crippen molar-refractivity contribution in [3.63, 3.8) is 0 Å². The Morgan fingerprint density at radius 3 is 2.32 bits per heavy atom. The van der Waals surface area contributed by atoms with Crippen molar-refractivity contribution >= 4 is 75.4 Å². The predicted octanol–water partition coefficient (Wildman–Crippen LogP) is 10.4. The summed E-state index contributed by atoms with van der Waals surface area (Å²) in [5.41, 5.74) is 11.2. The number of allylic oxidation sites excluding steroid dienone is 1. The van der Waals surface area contributed by atoms with Gasteiger partial charge in [-0.1, -0.05) is 99.1 Å². The molecule has 0 aliphatic carbocycles. The van der Waals surface area contributed by atoms with E-state index in [-0.39, 0.29) is 48.7 Å². The number of thiophene rings is 1. The number of amides is 4. The SMILES string of the molecule is Cc1ncsc1-c1ccc(CNC(=O)[C@@H]2CCCN2C(=O)C(NC(=O)COCCCCC2C=C(c3ccc([C@@H](C)NC(=O)C[C@@H]4N=C(c5ccc(Cl)cc5)c5c(sc(C)c5C)-n5c(C)nnc54)cc3)C=N2)C(C)(C)C)cc1. The van der Waals surface area contributed by atoms with Crippen molar-refractivity contribution in [3.8, 4) is 15.4 Å². The molecule has 6 aromatic rings. The Morgan fingerprint density at radius 2 is 1.61 bits per heavy atom. The van der Waals surface area contributed by atoms with Gasteiger partial charge in [0.1, 0.15) is 35.6 Å². The van der Waals surface area contributed by atoms with Gasteiger partial charge in [0.2, 0.25) is 23.6 Å². The molecule has 9 rings (SSSR count). The van der Waals surface area contributed by atoms with Crippen molar-refractivity contribution < 1.29 is 23.9 Å². The molecule has 3 aliphatic rings. The highest BCUT2D eigenvalue weighted by Gasteiger charge is 2.42. The van der Waals surface area contributed by atoms with Crippen molar-refractivity contribution in [3.05, 3.63) is 145 Å². The Hall–Kier alpha value is -6.66. The summed E-state index contributed by atoms with van der Waals surface area (Å²) >= 11 is 9.56. The number of hydrogen-bond donors (Lipinski definition) is 3. The molecule has 0 bridgehead atoms. The van der Waals surface area contributed by atoms with Crippen LogP contribution in [-0.2, 0) is 30.5 Å². The fourth-order valence-electron chi connectivity index (χ4n) is 10.2. The van der Waals surface area contributed by atoms with Crippen LogP contribution >= 0.6 is 34.3 Å². The molecule has 77 heavy (non-hydrogen) atoms. The number of ether oxygens (including phenoxy) is 1. The summed E-state index contributed by atoms with van der Waals surface area (Å²) in [5, 5.41) is 19.8. The van der Waals surface area contributed by atoms with Gasteiger partial charge in [0.15, 0.2) is 5.82 Å². The molecule has 5 atom stereocenters. The molecule has 0 spiro atoms. The molecule has 402 valence electrons. The largest absolute Gasteiger partial charge is 0.372 e. The number of fused-ring (bicyclic) bond motifs is 3. The highest BCUT2D eigenvalue weighted by atomic mass is 35.5. The van der Waals surface area contributed by atoms with E-state index < -0.39 is 23.5 Å². The van der Waals surface area contributed by atoms with Gasteiger partial charge in [-0.25, -0.2) is 4.98 Å². The van der Waals surface area contributed by atoms with Gasteiger partial charge in [0.05, 0.1) is 40.3 Å². The summed E-state index contributed by atoms with van der Waals surface area (Å²) in [6.45, 7) is 16.9. The van der Waals surface area contributed by atoms with Crippen LogP contribution in [0.1, 0.15) is 134 Å². The maximum atomic E-state index is 14.0. The second-order valence-electron chi connectivity index (χ2n) is 21.3. The zero-order valence-electron chi connectivity index (χ0n) is 45.0. The van der Waals surface area contributed by atoms with Gasteiger partial charge in [0.25, 0.3) is 0 Å². The van der Waals surface area contributed by atoms with Crippen LogP contribution in [0.2, 0.25) is 5.02 Å². The van der Waals surface area contributed by atoms with E-state index >= 15 is 0 Å². The van der Waals surface area contributed by atoms with Crippen LogP contribution in [-0.4, -0.2) is 98.1 Å². The van der Waals surface area contributed by atoms with E-state index in [0.717, 1.165) is 90.9 Å². The summed E-state index contributed by atoms with van der Waals surface area (Å²) in [7, 11) is 0. The summed E-state index contributed by atoms with van der Waals surface area (Å²) in [4.78, 5) is 72.8. The van der Waals surface area contributed by atoms with Crippen molar-refractivity contribution in [2.75, 3.05) is 19.8 Å². The zero-order valence-corrected chi connectivity index (χ0v) is 47.4. The first-order chi connectivity index (χ1) is 36.9. The van der Waals surface area contributed by atoms with E-state index in [1.807, 2.05) is 114 Å². The fourth-order valence-corrected chi connectivity index (χ4v) is 12.3. The van der Waals surface area contributed by atoms with Gasteiger partial charge in [-0.05, 0) is 118 Å². The molecule has 0 saturated carbocycles. The number of aliphatic imine (C=N–C) groups is 2. The first-order valence-electron chi connectivity index (χ1n) is 26.4. The molecule has 4 amide bonds. The van der Waals surface area contributed by atoms with Gasteiger partial charge < -0.3 is 25.6 Å². The van der Waals surface area contributed by atoms with Gasteiger partial charge in [-0.2, -0.15) is 0 Å². The number of nitrogens with zero attached hydrogens (tertiary/aromatic N) is 7. The average molecular weight is 1100 g/mol. The molecule has 1 saturated heterocycles. The van der Waals surface area contributed by atoms with Crippen LogP contribution in [0, 0.1) is 33.1 Å². The second kappa shape index (κ2) is 23.9. The topological polar surface area (TPSA) is 185 Å². The van der Waals surface area contributed by atoms with Gasteiger partial charge in [-0.15, -0.1) is 32.9 Å². The third-order valence-corrected chi connectivity index (χ3v) is 17.0. The Morgan fingerprint density at radius 1 is 0.883 bits per heavy atom. The number of carbonyl (C=O) groups is 4. The smallest absolute Gasteiger partial charge is 0.246 e. The van der Waals surface area contributed by atoms with Crippen LogP contribution in [0.25, 0.3) is 21.0 Å². The highest BCUT2D eigenvalue weighted by Crippen LogP contribution is 2.40. The monoisotopic (exact) mass is 1090 g/mol. The molecular weight excluding hydrogens is 1030 g/mol. The number of likely N-dealkylation sites (tertiary alicyclic amines) is 1. The normalized spacial score (nSPS) is 17.7. The maximum Gasteiger partial charge on any atom is 0.246 e. The molecule has 3 aromatic heterocycles. The van der Waals surface area contributed by atoms with Crippen LogP contribution < -0.4 is 16.0 Å². The number of nitrogens with one attached hydrogen (secondary N) is 3. The number of aromatic nitrogens is 4. The zero-order chi connectivity index (χ0) is 54.5. The number of carbonyl (C=O) groups excluding carboxylic acids is 4. The van der Waals surface area contributed by atoms with E-state index in [2.05, 4.69) is 67.8 Å². The standard InChI is InChI=1S/C59H67ClN10O5S2/c1-34-37(4)77-58-51(34)52(42-22-24-45(60)25-23-42)65-47(55-68-67-38(5)70(55)58)29-49(71)64-35(2)40-18-20-41(21-19-40)44-28-46(61-31-44)12-9-10-27-75-32-50(72)66-54(59(6,7)8)57(74)69-26-11-13-48(69)56(73)62-30-39-14-16-43(17-15-39)53-36(3)63-33-76-53/h14-25,28,31,33,35,46-48,54H,9-13,26-27,29-30,32H2,1-8H3,(H,62,73)(H,64,71)(H,66,72)/t35-,46?,47+,48+,54?/m1/s1. The maximum absolute atomic E-state index is 14.0. The number of hydrogen-bond acceptors (Lipinski definition) is 12. The van der Waals surface area contributed by atoms with Crippen LogP contribution in [0.4, 0.5) is 0 Å². The minimum absolute atomic E-state index is 0.0343. The van der Waals surface area contributed by atoms with Crippen molar-refractivity contribution in [2.24, 2.45) is 15.4 Å². The number of halogens is 1. The van der Waals surface area contributed by atoms with E-state index in [1.165, 1.54) is 4.88 Å². The van der Waals surface area contributed by atoms with Crippen molar-refractivity contribution in [1.29, 1.82) is 0 Å². The van der Waals surface area contributed by atoms with E-state index in [1.54, 1.807) is 27.6 Å². The van der Waals surface area contributed by atoms with Gasteiger partial charge in [-0.3, -0.25) is 33.7 Å². The summed E-state index contributed by atoms with van der Waals surface area (Å²) < 4.78 is 7.84. The molecular formula is C59H67ClN10O5S2. The molecule has 3 N–H and O–H groups in total. The molecule has 18 heteroatoms. The average Bonchev–Trinajstić information content (AvgIpc) is 4.27. The lowest BCUT2D eigenvalue weighted by Gasteiger charge is -2.35. The Bertz CT molecular complexity index is 3220. The Labute approximate surface area is 463 Å². The number of rotatable bonds is 19. The lowest BCUT2D eigenvalue weighted by atomic mass is 9.85. The van der Waals surface area contributed by atoms with E-state index in [0.29, 0.717) is 43.4 Å². The molecule has 2 unspecified atom stereocenters. The van der Waals surface area contributed by atoms with Crippen LogP contribution in [0.15, 0.2) is 94.4 Å². The molecule has 1 fully saturated rings. The molecule has 0 radical (unpaired) electrons. The van der Waals surface area contributed by atoms with Crippen molar-refractivity contribution in [1.82, 2.24) is 40.6 Å². The summed E-state index contributed by atoms with van der Waals surface area (Å²) in [6, 6.07) is 21.7. The van der Waals surface area contributed by atoms with Crippen LogP contribution in [0.5, 0.6) is 0 Å². The second-order valence-corrected chi connectivity index (χ2v) is 23.8. The number of unbranched alkanes of at least 4 members (excludes halogenated alkanes) is 1. The first-order valence-corrected chi connectivity index (χ1v) is 28.5. The van der Waals surface area contributed by atoms with Gasteiger partial charge >= 0.3 is 0 Å². The Kier molecular flexibility index (Phi) is 17.1. The summed E-state index contributed by atoms with van der Waals surface area (Å²) in [6.07, 6.45) is 7.86. The quantitative estimate of drug-likeness (QED) is 0.0669. The third kappa shape index (κ3) is 12.7. The molecule has 6 heterocycles. The predicted molar refractivity (Wildman–Crippen MR) is 306 cm³/mol. The minimum Gasteiger partial charge on any atom is -0.372 e. The number of thiazole rings is 1. The van der Waals surface area contributed by atoms with Crippen LogP contribution in [0.3, 0.4) is 0 Å². The highest BCUT2D eigenvalue weighted by molar-refractivity contribution is 7.15.